The van der Waals surface area contributed by atoms with Gasteiger partial charge in [0.15, 0.2) is 11.6 Å². The van der Waals surface area contributed by atoms with E-state index < -0.39 is 5.82 Å². The van der Waals surface area contributed by atoms with Crippen molar-refractivity contribution < 1.29 is 4.39 Å². The highest BCUT2D eigenvalue weighted by Crippen LogP contribution is 2.27. The number of hydrazine groups is 1. The predicted octanol–water partition coefficient (Wildman–Crippen LogP) is 1.13. The number of aromatic nitrogens is 2. The van der Waals surface area contributed by atoms with Gasteiger partial charge in [-0.15, -0.1) is 0 Å². The number of hydrogen-bond donors (Lipinski definition) is 2. The van der Waals surface area contributed by atoms with Crippen LogP contribution < -0.4 is 16.2 Å². The van der Waals surface area contributed by atoms with Crippen molar-refractivity contribution in [3.63, 3.8) is 0 Å². The maximum atomic E-state index is 14.4. The van der Waals surface area contributed by atoms with E-state index in [0.29, 0.717) is 17.7 Å². The van der Waals surface area contributed by atoms with Crippen LogP contribution in [0.2, 0.25) is 0 Å². The minimum absolute atomic E-state index is 0.0478. The highest BCUT2D eigenvalue weighted by molar-refractivity contribution is 5.52. The van der Waals surface area contributed by atoms with Crippen molar-refractivity contribution in [2.75, 3.05) is 30.5 Å². The number of likely N-dealkylation sites (N-methyl/N-ethyl adjacent to an activating group) is 1. The number of nitrogen functional groups attached to an aromatic ring is 1. The van der Waals surface area contributed by atoms with Crippen LogP contribution in [-0.4, -0.2) is 47.1 Å². The summed E-state index contributed by atoms with van der Waals surface area (Å²) in [6.07, 6.45) is 1.02. The molecule has 0 unspecified atom stereocenters. The summed E-state index contributed by atoms with van der Waals surface area (Å²) in [6, 6.07) is 0.590. The highest BCUT2D eigenvalue weighted by atomic mass is 19.1. The van der Waals surface area contributed by atoms with Crippen LogP contribution in [0, 0.1) is 12.7 Å². The van der Waals surface area contributed by atoms with Gasteiger partial charge in [-0.05, 0) is 27.3 Å². The van der Waals surface area contributed by atoms with Crippen LogP contribution in [0.3, 0.4) is 0 Å². The first-order valence-corrected chi connectivity index (χ1v) is 6.95. The van der Waals surface area contributed by atoms with Gasteiger partial charge in [-0.25, -0.2) is 15.8 Å². The largest absolute Gasteiger partial charge is 0.348 e. The first-order chi connectivity index (χ1) is 9.47. The van der Waals surface area contributed by atoms with E-state index in [1.165, 1.54) is 0 Å². The van der Waals surface area contributed by atoms with Crippen molar-refractivity contribution >= 4 is 11.6 Å². The lowest BCUT2D eigenvalue weighted by molar-refractivity contribution is 0.186. The Hall–Kier alpha value is -1.47. The molecule has 0 radical (unpaired) electrons. The number of piperazine rings is 1. The fraction of sp³-hybridized carbons (Fsp3) is 0.692. The smallest absolute Gasteiger partial charge is 0.209 e. The average molecular weight is 282 g/mol. The molecule has 1 aromatic rings. The molecular weight excluding hydrogens is 259 g/mol. The maximum absolute atomic E-state index is 14.4. The molecule has 2 atom stereocenters. The van der Waals surface area contributed by atoms with E-state index in [9.17, 15) is 4.39 Å². The van der Waals surface area contributed by atoms with E-state index in [4.69, 9.17) is 5.84 Å². The summed E-state index contributed by atoms with van der Waals surface area (Å²) >= 11 is 0. The number of rotatable bonds is 3. The Morgan fingerprint density at radius 3 is 2.70 bits per heavy atom. The number of nitrogens with zero attached hydrogens (tertiary/aromatic N) is 4. The van der Waals surface area contributed by atoms with Crippen molar-refractivity contribution in [1.29, 1.82) is 0 Å². The monoisotopic (exact) mass is 282 g/mol. The summed E-state index contributed by atoms with van der Waals surface area (Å²) in [5.41, 5.74) is 2.30. The van der Waals surface area contributed by atoms with Gasteiger partial charge >= 0.3 is 0 Å². The first kappa shape index (κ1) is 14.9. The lowest BCUT2D eigenvalue weighted by atomic mass is 10.1. The molecule has 2 heterocycles. The van der Waals surface area contributed by atoms with Crippen LogP contribution in [0.25, 0.3) is 0 Å². The zero-order chi connectivity index (χ0) is 14.9. The molecule has 1 fully saturated rings. The van der Waals surface area contributed by atoms with Crippen LogP contribution in [0.4, 0.5) is 16.0 Å². The highest BCUT2D eigenvalue weighted by Gasteiger charge is 2.31. The molecule has 3 N–H and O–H groups in total. The molecule has 0 spiro atoms. The van der Waals surface area contributed by atoms with Gasteiger partial charge in [-0.2, -0.15) is 4.39 Å². The SMILES string of the molecule is CC[C@@H]1CN(c2nc(C)nc(NN)c2F)[C@H](C)CN1C. The quantitative estimate of drug-likeness (QED) is 0.640. The summed E-state index contributed by atoms with van der Waals surface area (Å²) in [5, 5.41) is 0. The molecule has 0 amide bonds. The summed E-state index contributed by atoms with van der Waals surface area (Å²) in [4.78, 5) is 12.6. The Morgan fingerprint density at radius 1 is 1.40 bits per heavy atom. The van der Waals surface area contributed by atoms with Crippen LogP contribution >= 0.6 is 0 Å². The molecule has 1 saturated heterocycles. The molecule has 7 heteroatoms. The Kier molecular flexibility index (Phi) is 4.39. The number of nitrogens with one attached hydrogen (secondary N) is 1. The second-order valence-corrected chi connectivity index (χ2v) is 5.40. The summed E-state index contributed by atoms with van der Waals surface area (Å²) < 4.78 is 14.4. The standard InChI is InChI=1S/C13H23FN6/c1-5-10-7-20(8(2)6-19(10)4)13-11(14)12(18-15)16-9(3)17-13/h8,10H,5-7,15H2,1-4H3,(H,16,17,18)/t8-,10-/m1/s1. The Labute approximate surface area is 119 Å². The van der Waals surface area contributed by atoms with Crippen molar-refractivity contribution in [3.05, 3.63) is 11.6 Å². The molecule has 1 aromatic heterocycles. The molecular formula is C13H23FN6. The number of halogens is 1. The molecule has 0 aromatic carbocycles. The molecule has 0 saturated carbocycles. The molecule has 0 aliphatic carbocycles. The van der Waals surface area contributed by atoms with Gasteiger partial charge in [0.2, 0.25) is 5.82 Å². The topological polar surface area (TPSA) is 70.3 Å². The van der Waals surface area contributed by atoms with Gasteiger partial charge in [0, 0.05) is 25.2 Å². The summed E-state index contributed by atoms with van der Waals surface area (Å²) in [7, 11) is 2.11. The van der Waals surface area contributed by atoms with Gasteiger partial charge in [-0.1, -0.05) is 6.92 Å². The zero-order valence-electron chi connectivity index (χ0n) is 12.5. The minimum atomic E-state index is -0.482. The van der Waals surface area contributed by atoms with Gasteiger partial charge in [0.25, 0.3) is 0 Å². The van der Waals surface area contributed by atoms with Gasteiger partial charge in [0.05, 0.1) is 0 Å². The predicted molar refractivity (Wildman–Crippen MR) is 78.1 cm³/mol. The molecule has 1 aliphatic rings. The number of nitrogens with two attached hydrogens (primary N) is 1. The van der Waals surface area contributed by atoms with Crippen molar-refractivity contribution in [2.24, 2.45) is 5.84 Å². The van der Waals surface area contributed by atoms with Gasteiger partial charge in [0.1, 0.15) is 5.82 Å². The Balaban J connectivity index is 2.37. The fourth-order valence-electron chi connectivity index (χ4n) is 2.78. The van der Waals surface area contributed by atoms with Crippen molar-refractivity contribution in [1.82, 2.24) is 14.9 Å². The second-order valence-electron chi connectivity index (χ2n) is 5.40. The number of hydrogen-bond acceptors (Lipinski definition) is 6. The molecule has 2 rings (SSSR count). The molecule has 1 aliphatic heterocycles. The Morgan fingerprint density at radius 2 is 2.10 bits per heavy atom. The molecule has 0 bridgehead atoms. The number of anilines is 2. The third kappa shape index (κ3) is 2.69. The molecule has 112 valence electrons. The van der Waals surface area contributed by atoms with Crippen molar-refractivity contribution in [3.8, 4) is 0 Å². The van der Waals surface area contributed by atoms with E-state index in [0.717, 1.165) is 19.5 Å². The summed E-state index contributed by atoms with van der Waals surface area (Å²) in [5.74, 6) is 5.73. The van der Waals surface area contributed by atoms with Crippen molar-refractivity contribution in [2.45, 2.75) is 39.3 Å². The summed E-state index contributed by atoms with van der Waals surface area (Å²) in [6.45, 7) is 7.60. The van der Waals surface area contributed by atoms with Crippen LogP contribution in [0.5, 0.6) is 0 Å². The third-order valence-corrected chi connectivity index (χ3v) is 3.94. The maximum Gasteiger partial charge on any atom is 0.209 e. The normalized spacial score (nSPS) is 24.0. The van der Waals surface area contributed by atoms with E-state index in [1.54, 1.807) is 6.92 Å². The molecule has 6 nitrogen and oxygen atoms in total. The van der Waals surface area contributed by atoms with E-state index >= 15 is 0 Å². The van der Waals surface area contributed by atoms with E-state index in [1.807, 2.05) is 4.90 Å². The number of aryl methyl sites for hydroxylation is 1. The lowest BCUT2D eigenvalue weighted by Crippen LogP contribution is -2.56. The Bertz CT molecular complexity index is 480. The fourth-order valence-corrected chi connectivity index (χ4v) is 2.78. The minimum Gasteiger partial charge on any atom is -0.348 e. The average Bonchev–Trinajstić information content (AvgIpc) is 2.41. The second kappa shape index (κ2) is 5.88. The first-order valence-electron chi connectivity index (χ1n) is 6.95. The van der Waals surface area contributed by atoms with Crippen LogP contribution in [0.1, 0.15) is 26.1 Å². The van der Waals surface area contributed by atoms with Gasteiger partial charge < -0.3 is 10.3 Å². The van der Waals surface area contributed by atoms with E-state index in [-0.39, 0.29) is 11.9 Å². The third-order valence-electron chi connectivity index (χ3n) is 3.94. The molecule has 20 heavy (non-hydrogen) atoms. The van der Waals surface area contributed by atoms with Crippen LogP contribution in [-0.2, 0) is 0 Å². The zero-order valence-corrected chi connectivity index (χ0v) is 12.5. The van der Waals surface area contributed by atoms with Gasteiger partial charge in [-0.3, -0.25) is 4.90 Å². The van der Waals surface area contributed by atoms with Crippen LogP contribution in [0.15, 0.2) is 0 Å². The lowest BCUT2D eigenvalue weighted by Gasteiger charge is -2.44. The van der Waals surface area contributed by atoms with E-state index in [2.05, 4.69) is 41.2 Å².